The molecule has 1 N–H and O–H groups in total. The number of rotatable bonds is 5. The van der Waals surface area contributed by atoms with Crippen molar-refractivity contribution in [1.29, 1.82) is 0 Å². The molecule has 0 bridgehead atoms. The lowest BCUT2D eigenvalue weighted by molar-refractivity contribution is -0.123. The fourth-order valence-electron chi connectivity index (χ4n) is 2.93. The highest BCUT2D eigenvalue weighted by Gasteiger charge is 2.36. The molecule has 1 aliphatic rings. The molecule has 142 valence electrons. The van der Waals surface area contributed by atoms with Crippen LogP contribution in [0.5, 0.6) is 0 Å². The third-order valence-electron chi connectivity index (χ3n) is 4.67. The highest BCUT2D eigenvalue weighted by atomic mass is 35.5. The van der Waals surface area contributed by atoms with E-state index in [1.807, 2.05) is 74.2 Å². The Bertz CT molecular complexity index is 869. The molecule has 27 heavy (non-hydrogen) atoms. The summed E-state index contributed by atoms with van der Waals surface area (Å²) in [6, 6.07) is 15.5. The van der Waals surface area contributed by atoms with Gasteiger partial charge in [0.05, 0.1) is 11.2 Å². The zero-order valence-electron chi connectivity index (χ0n) is 15.7. The van der Waals surface area contributed by atoms with Crippen LogP contribution in [0.25, 0.3) is 0 Å². The molecule has 1 saturated heterocycles. The number of thioether (sulfide) groups is 1. The summed E-state index contributed by atoms with van der Waals surface area (Å²) in [5, 5.41) is 2.82. The number of benzene rings is 2. The Morgan fingerprint density at radius 3 is 2.59 bits per heavy atom. The second-order valence-corrected chi connectivity index (χ2v) is 8.61. The van der Waals surface area contributed by atoms with Gasteiger partial charge in [-0.3, -0.25) is 14.5 Å². The molecule has 3 rings (SSSR count). The maximum Gasteiger partial charge on any atom is 0.238 e. The minimum absolute atomic E-state index is 0.0708. The number of carbonyl (C=O) groups excluding carboxylic acids is 2. The van der Waals surface area contributed by atoms with Crippen molar-refractivity contribution in [3.63, 3.8) is 0 Å². The molecule has 0 radical (unpaired) electrons. The average Bonchev–Trinajstić information content (AvgIpc) is 3.03. The molecule has 0 saturated carbocycles. The molecule has 2 amide bonds. The maximum absolute atomic E-state index is 12.7. The van der Waals surface area contributed by atoms with Crippen LogP contribution in [0, 0.1) is 12.3 Å². The number of halogens is 1. The van der Waals surface area contributed by atoms with Crippen LogP contribution in [0.15, 0.2) is 48.5 Å². The van der Waals surface area contributed by atoms with E-state index >= 15 is 0 Å². The molecule has 1 atom stereocenters. The van der Waals surface area contributed by atoms with Gasteiger partial charge in [0, 0.05) is 22.8 Å². The summed E-state index contributed by atoms with van der Waals surface area (Å²) in [6.45, 7) is 5.62. The third kappa shape index (κ3) is 3.99. The maximum atomic E-state index is 12.7. The Hall–Kier alpha value is -1.98. The lowest BCUT2D eigenvalue weighted by Crippen LogP contribution is -2.33. The van der Waals surface area contributed by atoms with E-state index < -0.39 is 5.41 Å². The number of nitrogens with one attached hydrogen (secondary N) is 1. The van der Waals surface area contributed by atoms with Crippen molar-refractivity contribution >= 4 is 46.6 Å². The summed E-state index contributed by atoms with van der Waals surface area (Å²) >= 11 is 7.51. The van der Waals surface area contributed by atoms with Crippen molar-refractivity contribution in [3.8, 4) is 0 Å². The van der Waals surface area contributed by atoms with Crippen LogP contribution in [0.4, 0.5) is 11.4 Å². The number of alkyl halides is 1. The summed E-state index contributed by atoms with van der Waals surface area (Å²) < 4.78 is 0. The molecule has 1 fully saturated rings. The number of nitrogens with zero attached hydrogens (tertiary/aromatic N) is 1. The molecule has 2 aromatic carbocycles. The Balaban J connectivity index is 1.98. The van der Waals surface area contributed by atoms with Gasteiger partial charge >= 0.3 is 0 Å². The predicted octanol–water partition coefficient (Wildman–Crippen LogP) is 4.98. The van der Waals surface area contributed by atoms with Crippen LogP contribution in [0.1, 0.15) is 30.3 Å². The Morgan fingerprint density at radius 1 is 1.22 bits per heavy atom. The van der Waals surface area contributed by atoms with Gasteiger partial charge in [-0.15, -0.1) is 23.4 Å². The summed E-state index contributed by atoms with van der Waals surface area (Å²) in [5.41, 5.74) is 2.90. The van der Waals surface area contributed by atoms with Crippen LogP contribution >= 0.6 is 23.4 Å². The summed E-state index contributed by atoms with van der Waals surface area (Å²) in [5.74, 6) is 0.574. The van der Waals surface area contributed by atoms with Gasteiger partial charge in [0.1, 0.15) is 5.37 Å². The minimum atomic E-state index is -0.678. The number of para-hydroxylation sites is 2. The molecule has 0 aromatic heterocycles. The lowest BCUT2D eigenvalue weighted by Gasteiger charge is -2.28. The van der Waals surface area contributed by atoms with Crippen molar-refractivity contribution in [3.05, 3.63) is 59.7 Å². The van der Waals surface area contributed by atoms with E-state index in [9.17, 15) is 9.59 Å². The van der Waals surface area contributed by atoms with Gasteiger partial charge in [0.15, 0.2) is 0 Å². The molecule has 1 unspecified atom stereocenters. The van der Waals surface area contributed by atoms with E-state index in [-0.39, 0.29) is 23.1 Å². The van der Waals surface area contributed by atoms with Crippen LogP contribution in [-0.2, 0) is 9.59 Å². The zero-order valence-corrected chi connectivity index (χ0v) is 17.2. The lowest BCUT2D eigenvalue weighted by atomic mass is 9.95. The van der Waals surface area contributed by atoms with Crippen LogP contribution in [0.3, 0.4) is 0 Å². The number of anilines is 2. The second-order valence-electron chi connectivity index (χ2n) is 7.27. The zero-order chi connectivity index (χ0) is 19.6. The third-order valence-corrected chi connectivity index (χ3v) is 6.53. The smallest absolute Gasteiger partial charge is 0.238 e. The first-order valence-corrected chi connectivity index (χ1v) is 10.4. The SMILES string of the molecule is Cc1ccccc1N1C(=O)CSC1c1ccccc1NC(=O)C(C)(C)CCl. The fraction of sp³-hybridized carbons (Fsp3) is 0.333. The van der Waals surface area contributed by atoms with Crippen LogP contribution < -0.4 is 10.2 Å². The standard InChI is InChI=1S/C21H23ClN2O2S/c1-14-8-4-7-11-17(14)24-18(25)12-27-19(24)15-9-5-6-10-16(15)23-20(26)21(2,3)13-22/h4-11,19H,12-13H2,1-3H3,(H,23,26). The van der Waals surface area contributed by atoms with E-state index in [2.05, 4.69) is 5.32 Å². The number of carbonyl (C=O) groups is 2. The molecule has 6 heteroatoms. The van der Waals surface area contributed by atoms with E-state index in [1.165, 1.54) is 0 Å². The van der Waals surface area contributed by atoms with E-state index in [1.54, 1.807) is 11.8 Å². The summed E-state index contributed by atoms with van der Waals surface area (Å²) in [6.07, 6.45) is 0. The highest BCUT2D eigenvalue weighted by Crippen LogP contribution is 2.45. The Labute approximate surface area is 169 Å². The first kappa shape index (κ1) is 19.8. The van der Waals surface area contributed by atoms with Crippen LogP contribution in [-0.4, -0.2) is 23.4 Å². The minimum Gasteiger partial charge on any atom is -0.325 e. The number of amides is 2. The second kappa shape index (κ2) is 7.95. The van der Waals surface area contributed by atoms with Crippen LogP contribution in [0.2, 0.25) is 0 Å². The first-order valence-electron chi connectivity index (χ1n) is 8.81. The topological polar surface area (TPSA) is 49.4 Å². The van der Waals surface area contributed by atoms with Gasteiger partial charge in [-0.2, -0.15) is 0 Å². The van der Waals surface area contributed by atoms with E-state index in [4.69, 9.17) is 11.6 Å². The first-order chi connectivity index (χ1) is 12.8. The van der Waals surface area contributed by atoms with Gasteiger partial charge in [-0.1, -0.05) is 36.4 Å². The monoisotopic (exact) mass is 402 g/mol. The molecule has 1 aliphatic heterocycles. The van der Waals surface area contributed by atoms with E-state index in [0.29, 0.717) is 11.4 Å². The molecular weight excluding hydrogens is 380 g/mol. The quantitative estimate of drug-likeness (QED) is 0.717. The van der Waals surface area contributed by atoms with Crippen molar-refractivity contribution in [2.75, 3.05) is 21.8 Å². The van der Waals surface area contributed by atoms with Gasteiger partial charge in [-0.05, 0) is 38.5 Å². The number of hydrogen-bond donors (Lipinski definition) is 1. The number of aryl methyl sites for hydroxylation is 1. The van der Waals surface area contributed by atoms with Gasteiger partial charge in [0.25, 0.3) is 0 Å². The summed E-state index contributed by atoms with van der Waals surface area (Å²) in [4.78, 5) is 27.1. The molecular formula is C21H23ClN2O2S. The molecule has 2 aromatic rings. The fourth-order valence-corrected chi connectivity index (χ4v) is 4.25. The van der Waals surface area contributed by atoms with Gasteiger partial charge < -0.3 is 5.32 Å². The molecule has 1 heterocycles. The normalized spacial score (nSPS) is 17.3. The van der Waals surface area contributed by atoms with Gasteiger partial charge in [0.2, 0.25) is 11.8 Å². The van der Waals surface area contributed by atoms with Crippen molar-refractivity contribution in [1.82, 2.24) is 0 Å². The molecule has 0 spiro atoms. The van der Waals surface area contributed by atoms with Crippen molar-refractivity contribution in [2.45, 2.75) is 26.1 Å². The largest absolute Gasteiger partial charge is 0.325 e. The predicted molar refractivity (Wildman–Crippen MR) is 113 cm³/mol. The average molecular weight is 403 g/mol. The Morgan fingerprint density at radius 2 is 1.89 bits per heavy atom. The molecule has 4 nitrogen and oxygen atoms in total. The molecule has 0 aliphatic carbocycles. The van der Waals surface area contributed by atoms with E-state index in [0.717, 1.165) is 16.8 Å². The Kier molecular flexibility index (Phi) is 5.82. The highest BCUT2D eigenvalue weighted by molar-refractivity contribution is 8.00. The van der Waals surface area contributed by atoms with Crippen molar-refractivity contribution < 1.29 is 9.59 Å². The summed E-state index contributed by atoms with van der Waals surface area (Å²) in [7, 11) is 0. The van der Waals surface area contributed by atoms with Gasteiger partial charge in [-0.25, -0.2) is 0 Å². The number of hydrogen-bond acceptors (Lipinski definition) is 3. The van der Waals surface area contributed by atoms with Crippen molar-refractivity contribution in [2.24, 2.45) is 5.41 Å².